The Morgan fingerprint density at radius 2 is 1.38 bits per heavy atom. The smallest absolute Gasteiger partial charge is 0.126 e. The van der Waals surface area contributed by atoms with E-state index in [1.165, 1.54) is 12.1 Å². The Balaban J connectivity index is 2.24. The quantitative estimate of drug-likeness (QED) is 0.749. The fourth-order valence-electron chi connectivity index (χ4n) is 1.34. The second-order valence-electron chi connectivity index (χ2n) is 3.32. The van der Waals surface area contributed by atoms with E-state index in [1.54, 1.807) is 24.5 Å². The predicted octanol–water partition coefficient (Wildman–Crippen LogP) is 3.53. The molecule has 16 heavy (non-hydrogen) atoms. The Bertz CT molecular complexity index is 486. The summed E-state index contributed by atoms with van der Waals surface area (Å²) in [6.07, 6.45) is 6.75. The van der Waals surface area contributed by atoms with E-state index < -0.39 is 11.6 Å². The zero-order chi connectivity index (χ0) is 11.4. The average Bonchev–Trinajstić information content (AvgIpc) is 2.27. The van der Waals surface area contributed by atoms with Gasteiger partial charge in [-0.15, -0.1) is 0 Å². The second kappa shape index (κ2) is 4.66. The Kier molecular flexibility index (Phi) is 3.05. The van der Waals surface area contributed by atoms with Crippen LogP contribution >= 0.6 is 0 Å². The van der Waals surface area contributed by atoms with E-state index >= 15 is 0 Å². The van der Waals surface area contributed by atoms with E-state index in [2.05, 4.69) is 4.98 Å². The third-order valence-corrected chi connectivity index (χ3v) is 2.06. The van der Waals surface area contributed by atoms with Crippen LogP contribution < -0.4 is 0 Å². The molecule has 0 saturated carbocycles. The summed E-state index contributed by atoms with van der Waals surface area (Å²) < 4.78 is 25.7. The lowest BCUT2D eigenvalue weighted by Gasteiger charge is -1.95. The number of aromatic nitrogens is 1. The first-order chi connectivity index (χ1) is 7.74. The first-order valence-corrected chi connectivity index (χ1v) is 4.78. The molecule has 2 aromatic rings. The zero-order valence-corrected chi connectivity index (χ0v) is 8.40. The molecular formula is C13H9F2N. The van der Waals surface area contributed by atoms with Gasteiger partial charge in [0.15, 0.2) is 0 Å². The molecule has 1 nitrogen and oxygen atoms in total. The molecule has 80 valence electrons. The second-order valence-corrected chi connectivity index (χ2v) is 3.32. The first-order valence-electron chi connectivity index (χ1n) is 4.78. The van der Waals surface area contributed by atoms with E-state index in [1.807, 2.05) is 12.1 Å². The summed E-state index contributed by atoms with van der Waals surface area (Å²) in [5.41, 5.74) is 1.42. The Morgan fingerprint density at radius 1 is 0.812 bits per heavy atom. The molecule has 1 aromatic carbocycles. The van der Waals surface area contributed by atoms with Gasteiger partial charge in [0, 0.05) is 18.5 Å². The van der Waals surface area contributed by atoms with Crippen molar-refractivity contribution in [2.45, 2.75) is 0 Å². The number of benzene rings is 1. The molecule has 0 unspecified atom stereocenters. The maximum absolute atomic E-state index is 12.9. The van der Waals surface area contributed by atoms with Crippen molar-refractivity contribution in [1.82, 2.24) is 4.98 Å². The molecule has 3 heteroatoms. The third-order valence-electron chi connectivity index (χ3n) is 2.06. The van der Waals surface area contributed by atoms with Crippen LogP contribution in [-0.2, 0) is 0 Å². The lowest BCUT2D eigenvalue weighted by atomic mass is 10.1. The molecule has 1 heterocycles. The SMILES string of the molecule is Fc1cc(F)cc(C=Cc2ccncc2)c1. The topological polar surface area (TPSA) is 12.9 Å². The lowest BCUT2D eigenvalue weighted by Crippen LogP contribution is -1.81. The highest BCUT2D eigenvalue weighted by Crippen LogP contribution is 2.11. The largest absolute Gasteiger partial charge is 0.265 e. The van der Waals surface area contributed by atoms with Crippen LogP contribution in [0.5, 0.6) is 0 Å². The van der Waals surface area contributed by atoms with E-state index in [0.717, 1.165) is 11.6 Å². The van der Waals surface area contributed by atoms with Crippen LogP contribution in [0.15, 0.2) is 42.7 Å². The van der Waals surface area contributed by atoms with Crippen molar-refractivity contribution in [1.29, 1.82) is 0 Å². The van der Waals surface area contributed by atoms with Crippen LogP contribution in [-0.4, -0.2) is 4.98 Å². The minimum atomic E-state index is -0.575. The maximum atomic E-state index is 12.9. The van der Waals surface area contributed by atoms with E-state index in [9.17, 15) is 8.78 Å². The molecule has 0 atom stereocenters. The molecule has 1 aromatic heterocycles. The van der Waals surface area contributed by atoms with Gasteiger partial charge in [-0.2, -0.15) is 0 Å². The number of hydrogen-bond donors (Lipinski definition) is 0. The summed E-state index contributed by atoms with van der Waals surface area (Å²) >= 11 is 0. The van der Waals surface area contributed by atoms with Gasteiger partial charge in [-0.3, -0.25) is 4.98 Å². The Morgan fingerprint density at radius 3 is 2.00 bits per heavy atom. The van der Waals surface area contributed by atoms with Crippen molar-refractivity contribution in [3.8, 4) is 0 Å². The summed E-state index contributed by atoms with van der Waals surface area (Å²) in [5.74, 6) is -1.15. The van der Waals surface area contributed by atoms with Crippen molar-refractivity contribution < 1.29 is 8.78 Å². The molecule has 0 aliphatic carbocycles. The highest BCUT2D eigenvalue weighted by molar-refractivity contribution is 5.69. The van der Waals surface area contributed by atoms with Crippen LogP contribution in [0, 0.1) is 11.6 Å². The minimum absolute atomic E-state index is 0.495. The number of pyridine rings is 1. The van der Waals surface area contributed by atoms with Gasteiger partial charge in [0.25, 0.3) is 0 Å². The van der Waals surface area contributed by atoms with Crippen LogP contribution in [0.25, 0.3) is 12.2 Å². The molecule has 0 radical (unpaired) electrons. The Labute approximate surface area is 92.1 Å². The van der Waals surface area contributed by atoms with Gasteiger partial charge in [0.05, 0.1) is 0 Å². The van der Waals surface area contributed by atoms with Gasteiger partial charge in [-0.1, -0.05) is 12.2 Å². The van der Waals surface area contributed by atoms with Gasteiger partial charge in [0.1, 0.15) is 11.6 Å². The summed E-state index contributed by atoms with van der Waals surface area (Å²) in [6.45, 7) is 0. The highest BCUT2D eigenvalue weighted by atomic mass is 19.1. The fraction of sp³-hybridized carbons (Fsp3) is 0. The fourth-order valence-corrected chi connectivity index (χ4v) is 1.34. The molecular weight excluding hydrogens is 208 g/mol. The first kappa shape index (κ1) is 10.5. The van der Waals surface area contributed by atoms with Crippen molar-refractivity contribution in [3.05, 3.63) is 65.5 Å². The van der Waals surface area contributed by atoms with Gasteiger partial charge in [0.2, 0.25) is 0 Å². The number of rotatable bonds is 2. The van der Waals surface area contributed by atoms with Crippen molar-refractivity contribution >= 4 is 12.2 Å². The van der Waals surface area contributed by atoms with E-state index in [-0.39, 0.29) is 0 Å². The minimum Gasteiger partial charge on any atom is -0.265 e. The standard InChI is InChI=1S/C13H9F2N/c14-12-7-11(8-13(15)9-12)2-1-10-3-5-16-6-4-10/h1-9H. The number of hydrogen-bond acceptors (Lipinski definition) is 1. The molecule has 0 aliphatic rings. The van der Waals surface area contributed by atoms with Crippen LogP contribution in [0.4, 0.5) is 8.78 Å². The molecule has 0 fully saturated rings. The van der Waals surface area contributed by atoms with E-state index in [0.29, 0.717) is 5.56 Å². The van der Waals surface area contributed by atoms with Gasteiger partial charge in [-0.25, -0.2) is 8.78 Å². The molecule has 0 amide bonds. The summed E-state index contributed by atoms with van der Waals surface area (Å²) in [6, 6.07) is 7.03. The molecule has 0 N–H and O–H groups in total. The van der Waals surface area contributed by atoms with Crippen LogP contribution in [0.3, 0.4) is 0 Å². The predicted molar refractivity (Wildman–Crippen MR) is 59.5 cm³/mol. The van der Waals surface area contributed by atoms with Crippen molar-refractivity contribution in [3.63, 3.8) is 0 Å². The average molecular weight is 217 g/mol. The summed E-state index contributed by atoms with van der Waals surface area (Å²) in [7, 11) is 0. The summed E-state index contributed by atoms with van der Waals surface area (Å²) in [5, 5.41) is 0. The molecule has 0 saturated heterocycles. The van der Waals surface area contributed by atoms with Gasteiger partial charge < -0.3 is 0 Å². The van der Waals surface area contributed by atoms with Crippen LogP contribution in [0.2, 0.25) is 0 Å². The van der Waals surface area contributed by atoms with Gasteiger partial charge >= 0.3 is 0 Å². The normalized spacial score (nSPS) is 10.9. The lowest BCUT2D eigenvalue weighted by molar-refractivity contribution is 0.583. The molecule has 0 spiro atoms. The summed E-state index contributed by atoms with van der Waals surface area (Å²) in [4.78, 5) is 3.87. The van der Waals surface area contributed by atoms with Crippen LogP contribution in [0.1, 0.15) is 11.1 Å². The van der Waals surface area contributed by atoms with Gasteiger partial charge in [-0.05, 0) is 35.4 Å². The van der Waals surface area contributed by atoms with Crippen molar-refractivity contribution in [2.24, 2.45) is 0 Å². The zero-order valence-electron chi connectivity index (χ0n) is 8.40. The molecule has 0 bridgehead atoms. The molecule has 2 rings (SSSR count). The highest BCUT2D eigenvalue weighted by Gasteiger charge is 1.97. The monoisotopic (exact) mass is 217 g/mol. The number of halogens is 2. The third kappa shape index (κ3) is 2.73. The Hall–Kier alpha value is -2.03. The number of nitrogens with zero attached hydrogens (tertiary/aromatic N) is 1. The molecule has 0 aliphatic heterocycles. The maximum Gasteiger partial charge on any atom is 0.126 e. The van der Waals surface area contributed by atoms with E-state index in [4.69, 9.17) is 0 Å². The van der Waals surface area contributed by atoms with Crippen molar-refractivity contribution in [2.75, 3.05) is 0 Å².